The van der Waals surface area contributed by atoms with Gasteiger partial charge >= 0.3 is 6.03 Å². The molecule has 1 saturated heterocycles. The first-order chi connectivity index (χ1) is 15.5. The SMILES string of the molecule is O=C1NC(=O)N(c2ccc(C3C4CC5CC(C4)CC3C5)cc2)C(=O)/C1=C\c1ccc(I)o1. The molecule has 1 aromatic carbocycles. The van der Waals surface area contributed by atoms with Crippen molar-refractivity contribution in [1.29, 1.82) is 0 Å². The van der Waals surface area contributed by atoms with Crippen LogP contribution >= 0.6 is 22.6 Å². The molecule has 1 aromatic heterocycles. The molecule has 4 bridgehead atoms. The van der Waals surface area contributed by atoms with Gasteiger partial charge in [-0.3, -0.25) is 14.9 Å². The van der Waals surface area contributed by atoms with E-state index in [-0.39, 0.29) is 5.57 Å². The second-order valence-corrected chi connectivity index (χ2v) is 10.7. The molecule has 0 atom stereocenters. The van der Waals surface area contributed by atoms with E-state index in [0.29, 0.717) is 21.1 Å². The number of nitrogens with zero attached hydrogens (tertiary/aromatic N) is 1. The highest BCUT2D eigenvalue weighted by molar-refractivity contribution is 14.1. The molecule has 2 aromatic rings. The number of amides is 4. The molecule has 6 nitrogen and oxygen atoms in total. The van der Waals surface area contributed by atoms with Gasteiger partial charge in [0.15, 0.2) is 3.77 Å². The zero-order chi connectivity index (χ0) is 22.0. The Labute approximate surface area is 199 Å². The summed E-state index contributed by atoms with van der Waals surface area (Å²) in [6.07, 6.45) is 8.17. The smallest absolute Gasteiger partial charge is 0.335 e. The van der Waals surface area contributed by atoms with Crippen molar-refractivity contribution in [2.45, 2.75) is 38.0 Å². The molecule has 5 fully saturated rings. The van der Waals surface area contributed by atoms with Gasteiger partial charge in [-0.05, 0) is 120 Å². The molecule has 164 valence electrons. The average Bonchev–Trinajstić information content (AvgIpc) is 3.16. The third-order valence-electron chi connectivity index (χ3n) is 7.75. The van der Waals surface area contributed by atoms with E-state index >= 15 is 0 Å². The van der Waals surface area contributed by atoms with Crippen LogP contribution in [0.4, 0.5) is 10.5 Å². The summed E-state index contributed by atoms with van der Waals surface area (Å²) in [6, 6.07) is 10.5. The number of rotatable bonds is 3. The first kappa shape index (κ1) is 20.2. The summed E-state index contributed by atoms with van der Waals surface area (Å²) in [5, 5.41) is 2.27. The van der Waals surface area contributed by atoms with Crippen LogP contribution in [0.15, 0.2) is 46.4 Å². The number of hydrogen-bond donors (Lipinski definition) is 1. The van der Waals surface area contributed by atoms with Crippen molar-refractivity contribution in [3.05, 3.63) is 57.1 Å². The second-order valence-electron chi connectivity index (χ2n) is 9.65. The third-order valence-corrected chi connectivity index (χ3v) is 8.32. The molecule has 4 amide bonds. The van der Waals surface area contributed by atoms with Gasteiger partial charge in [0.2, 0.25) is 0 Å². The van der Waals surface area contributed by atoms with Crippen LogP contribution in [0, 0.1) is 27.4 Å². The summed E-state index contributed by atoms with van der Waals surface area (Å²) in [5.74, 6) is 2.98. The van der Waals surface area contributed by atoms with Crippen molar-refractivity contribution < 1.29 is 18.8 Å². The number of nitrogens with one attached hydrogen (secondary N) is 1. The van der Waals surface area contributed by atoms with Crippen LogP contribution in [0.25, 0.3) is 6.08 Å². The normalized spacial score (nSPS) is 32.7. The van der Waals surface area contributed by atoms with Crippen LogP contribution in [0.1, 0.15) is 49.3 Å². The van der Waals surface area contributed by atoms with Crippen LogP contribution in [0.3, 0.4) is 0 Å². The van der Waals surface area contributed by atoms with Crippen LogP contribution in [-0.4, -0.2) is 17.8 Å². The average molecular weight is 542 g/mol. The first-order valence-electron chi connectivity index (χ1n) is 11.2. The molecule has 0 unspecified atom stereocenters. The Morgan fingerprint density at radius 1 is 0.906 bits per heavy atom. The van der Waals surface area contributed by atoms with Crippen molar-refractivity contribution in [2.24, 2.45) is 23.7 Å². The van der Waals surface area contributed by atoms with E-state index in [1.807, 2.05) is 34.7 Å². The fraction of sp³-hybridized carbons (Fsp3) is 0.400. The number of barbiturate groups is 1. The minimum atomic E-state index is -0.728. The number of carbonyl (C=O) groups excluding carboxylic acids is 3. The van der Waals surface area contributed by atoms with Crippen molar-refractivity contribution >= 4 is 52.2 Å². The molecule has 32 heavy (non-hydrogen) atoms. The maximum Gasteiger partial charge on any atom is 0.335 e. The van der Waals surface area contributed by atoms with Crippen molar-refractivity contribution in [3.63, 3.8) is 0 Å². The molecule has 1 N–H and O–H groups in total. The molecule has 0 spiro atoms. The van der Waals surface area contributed by atoms with Gasteiger partial charge in [-0.1, -0.05) is 12.1 Å². The van der Waals surface area contributed by atoms with E-state index in [2.05, 4.69) is 17.4 Å². The first-order valence-corrected chi connectivity index (χ1v) is 12.3. The zero-order valence-electron chi connectivity index (χ0n) is 17.4. The highest BCUT2D eigenvalue weighted by Crippen LogP contribution is 2.59. The summed E-state index contributed by atoms with van der Waals surface area (Å²) in [7, 11) is 0. The lowest BCUT2D eigenvalue weighted by Crippen LogP contribution is -2.54. The molecule has 1 aliphatic heterocycles. The monoisotopic (exact) mass is 542 g/mol. The fourth-order valence-electron chi connectivity index (χ4n) is 6.76. The van der Waals surface area contributed by atoms with Gasteiger partial charge < -0.3 is 4.42 Å². The maximum absolute atomic E-state index is 13.1. The summed E-state index contributed by atoms with van der Waals surface area (Å²) in [6.45, 7) is 0. The van der Waals surface area contributed by atoms with Crippen LogP contribution in [0.5, 0.6) is 0 Å². The molecular weight excluding hydrogens is 519 g/mol. The Bertz CT molecular complexity index is 1120. The van der Waals surface area contributed by atoms with Crippen LogP contribution < -0.4 is 10.2 Å². The number of anilines is 1. The van der Waals surface area contributed by atoms with E-state index in [9.17, 15) is 14.4 Å². The quantitative estimate of drug-likeness (QED) is 0.333. The standard InChI is InChI=1S/C25H23IN2O4/c26-21-6-5-19(32-21)12-20-23(29)27-25(31)28(24(20)30)18-3-1-15(2-4-18)22-16-8-13-7-14(10-16)11-17(22)9-13/h1-6,12-14,16-17,22H,7-11H2,(H,27,29,31)/b20-12-. The van der Waals surface area contributed by atoms with Crippen molar-refractivity contribution in [1.82, 2.24) is 5.32 Å². The van der Waals surface area contributed by atoms with E-state index in [4.69, 9.17) is 4.42 Å². The Morgan fingerprint density at radius 3 is 2.16 bits per heavy atom. The van der Waals surface area contributed by atoms with Gasteiger partial charge in [-0.2, -0.15) is 0 Å². The summed E-state index contributed by atoms with van der Waals surface area (Å²) in [5.41, 5.74) is 1.65. The van der Waals surface area contributed by atoms with Gasteiger partial charge in [0.05, 0.1) is 5.69 Å². The molecule has 7 rings (SSSR count). The number of halogens is 1. The van der Waals surface area contributed by atoms with Crippen LogP contribution in [0.2, 0.25) is 0 Å². The number of furan rings is 1. The minimum absolute atomic E-state index is 0.125. The van der Waals surface area contributed by atoms with E-state index in [0.717, 1.165) is 28.6 Å². The molecule has 0 radical (unpaired) electrons. The third kappa shape index (κ3) is 3.32. The van der Waals surface area contributed by atoms with E-state index in [1.54, 1.807) is 12.1 Å². The van der Waals surface area contributed by atoms with Crippen molar-refractivity contribution in [3.8, 4) is 0 Å². The summed E-state index contributed by atoms with van der Waals surface area (Å²) < 4.78 is 6.10. The Balaban J connectivity index is 1.27. The zero-order valence-corrected chi connectivity index (χ0v) is 19.6. The Morgan fingerprint density at radius 2 is 1.56 bits per heavy atom. The van der Waals surface area contributed by atoms with Gasteiger partial charge in [0, 0.05) is 0 Å². The lowest BCUT2D eigenvalue weighted by atomic mass is 9.51. The largest absolute Gasteiger partial charge is 0.451 e. The highest BCUT2D eigenvalue weighted by Gasteiger charge is 2.48. The molecule has 4 saturated carbocycles. The predicted molar refractivity (Wildman–Crippen MR) is 127 cm³/mol. The summed E-state index contributed by atoms with van der Waals surface area (Å²) >= 11 is 2.01. The molecule has 2 heterocycles. The van der Waals surface area contributed by atoms with Crippen LogP contribution in [-0.2, 0) is 9.59 Å². The number of imide groups is 2. The fourth-order valence-corrected chi connectivity index (χ4v) is 7.19. The molecular formula is C25H23IN2O4. The molecule has 4 aliphatic carbocycles. The molecule has 5 aliphatic rings. The summed E-state index contributed by atoms with van der Waals surface area (Å²) in [4.78, 5) is 38.9. The second kappa shape index (κ2) is 7.57. The topological polar surface area (TPSA) is 79.6 Å². The number of benzene rings is 1. The lowest BCUT2D eigenvalue weighted by Gasteiger charge is -2.54. The van der Waals surface area contributed by atoms with Gasteiger partial charge in [-0.25, -0.2) is 9.69 Å². The Kier molecular flexibility index (Phi) is 4.78. The van der Waals surface area contributed by atoms with Gasteiger partial charge in [0.25, 0.3) is 11.8 Å². The highest BCUT2D eigenvalue weighted by atomic mass is 127. The Hall–Kier alpha value is -2.42. The van der Waals surface area contributed by atoms with E-state index < -0.39 is 17.8 Å². The molecule has 7 heteroatoms. The predicted octanol–water partition coefficient (Wildman–Crippen LogP) is 5.09. The maximum atomic E-state index is 13.1. The van der Waals surface area contributed by atoms with Crippen molar-refractivity contribution in [2.75, 3.05) is 4.90 Å². The van der Waals surface area contributed by atoms with E-state index in [1.165, 1.54) is 43.7 Å². The van der Waals surface area contributed by atoms with Gasteiger partial charge in [0.1, 0.15) is 11.3 Å². The lowest BCUT2D eigenvalue weighted by molar-refractivity contribution is -0.122. The number of carbonyl (C=O) groups is 3. The number of urea groups is 1. The van der Waals surface area contributed by atoms with Gasteiger partial charge in [-0.15, -0.1) is 0 Å². The minimum Gasteiger partial charge on any atom is -0.451 e. The number of hydrogen-bond acceptors (Lipinski definition) is 4.